The number of carbonyl (C=O) groups excluding carboxylic acids is 1. The SMILES string of the molecule is O=C(c1cc(Cl)nc(Cl)n1)C1CC1. The molecule has 0 unspecified atom stereocenters. The molecule has 1 aromatic heterocycles. The normalized spacial score (nSPS) is 15.8. The smallest absolute Gasteiger partial charge is 0.224 e. The van der Waals surface area contributed by atoms with E-state index < -0.39 is 0 Å². The summed E-state index contributed by atoms with van der Waals surface area (Å²) >= 11 is 11.2. The predicted octanol–water partition coefficient (Wildman–Crippen LogP) is 2.38. The third-order valence-corrected chi connectivity index (χ3v) is 2.23. The highest BCUT2D eigenvalue weighted by Gasteiger charge is 2.31. The minimum absolute atomic E-state index is 0.0196. The van der Waals surface area contributed by atoms with Gasteiger partial charge in [0, 0.05) is 12.0 Å². The molecule has 1 saturated carbocycles. The molecule has 0 atom stereocenters. The Labute approximate surface area is 85.1 Å². The lowest BCUT2D eigenvalue weighted by molar-refractivity contribution is 0.0962. The molecule has 3 nitrogen and oxygen atoms in total. The van der Waals surface area contributed by atoms with Crippen LogP contribution >= 0.6 is 23.2 Å². The Kier molecular flexibility index (Phi) is 2.22. The summed E-state index contributed by atoms with van der Waals surface area (Å²) in [4.78, 5) is 19.0. The summed E-state index contributed by atoms with van der Waals surface area (Å²) in [6.07, 6.45) is 1.89. The largest absolute Gasteiger partial charge is 0.292 e. The Balaban J connectivity index is 2.33. The summed E-state index contributed by atoms with van der Waals surface area (Å²) in [6.45, 7) is 0. The second-order valence-corrected chi connectivity index (χ2v) is 3.71. The molecule has 5 heteroatoms. The average molecular weight is 217 g/mol. The topological polar surface area (TPSA) is 42.9 Å². The van der Waals surface area contributed by atoms with E-state index in [2.05, 4.69) is 9.97 Å². The van der Waals surface area contributed by atoms with Crippen LogP contribution in [0.5, 0.6) is 0 Å². The van der Waals surface area contributed by atoms with Crippen LogP contribution in [-0.2, 0) is 0 Å². The van der Waals surface area contributed by atoms with Gasteiger partial charge in [-0.15, -0.1) is 0 Å². The number of rotatable bonds is 2. The molecule has 0 saturated heterocycles. The van der Waals surface area contributed by atoms with E-state index >= 15 is 0 Å². The Bertz CT molecular complexity index is 343. The van der Waals surface area contributed by atoms with E-state index in [0.29, 0.717) is 5.69 Å². The van der Waals surface area contributed by atoms with E-state index in [1.165, 1.54) is 6.07 Å². The number of aromatic nitrogens is 2. The Morgan fingerprint density at radius 3 is 2.62 bits per heavy atom. The average Bonchev–Trinajstić information content (AvgIpc) is 2.83. The zero-order valence-corrected chi connectivity index (χ0v) is 8.14. The van der Waals surface area contributed by atoms with Gasteiger partial charge >= 0.3 is 0 Å². The fourth-order valence-corrected chi connectivity index (χ4v) is 1.48. The molecule has 1 fully saturated rings. The molecule has 13 heavy (non-hydrogen) atoms. The standard InChI is InChI=1S/C8H6Cl2N2O/c9-6-3-5(11-8(10)12-6)7(13)4-1-2-4/h3-4H,1-2H2. The van der Waals surface area contributed by atoms with Crippen LogP contribution in [0.15, 0.2) is 6.07 Å². The van der Waals surface area contributed by atoms with E-state index in [9.17, 15) is 4.79 Å². The molecule has 2 rings (SSSR count). The van der Waals surface area contributed by atoms with E-state index in [4.69, 9.17) is 23.2 Å². The number of halogens is 2. The highest BCUT2D eigenvalue weighted by molar-refractivity contribution is 6.32. The summed E-state index contributed by atoms with van der Waals surface area (Å²) < 4.78 is 0. The lowest BCUT2D eigenvalue weighted by atomic mass is 10.2. The molecule has 1 heterocycles. The van der Waals surface area contributed by atoms with Crippen molar-refractivity contribution >= 4 is 29.0 Å². The van der Waals surface area contributed by atoms with Crippen molar-refractivity contribution in [3.8, 4) is 0 Å². The van der Waals surface area contributed by atoms with Crippen LogP contribution in [0.2, 0.25) is 10.4 Å². The summed E-state index contributed by atoms with van der Waals surface area (Å²) in [5.74, 6) is 0.147. The van der Waals surface area contributed by atoms with Gasteiger partial charge in [-0.25, -0.2) is 9.97 Å². The summed E-state index contributed by atoms with van der Waals surface area (Å²) in [5.41, 5.74) is 0.326. The van der Waals surface area contributed by atoms with Crippen molar-refractivity contribution in [3.05, 3.63) is 22.2 Å². The first kappa shape index (κ1) is 8.91. The first-order valence-corrected chi connectivity index (χ1v) is 4.66. The fraction of sp³-hybridized carbons (Fsp3) is 0.375. The third-order valence-electron chi connectivity index (χ3n) is 1.87. The number of nitrogens with zero attached hydrogens (tertiary/aromatic N) is 2. The molecule has 68 valence electrons. The van der Waals surface area contributed by atoms with Crippen molar-refractivity contribution in [1.82, 2.24) is 9.97 Å². The molecule has 1 aromatic rings. The van der Waals surface area contributed by atoms with Crippen LogP contribution in [0.4, 0.5) is 0 Å². The van der Waals surface area contributed by atoms with Gasteiger partial charge in [-0.2, -0.15) is 0 Å². The molecular weight excluding hydrogens is 211 g/mol. The Morgan fingerprint density at radius 1 is 1.38 bits per heavy atom. The summed E-state index contributed by atoms with van der Waals surface area (Å²) in [5, 5.41) is 0.237. The van der Waals surface area contributed by atoms with E-state index in [-0.39, 0.29) is 22.1 Å². The molecule has 1 aliphatic carbocycles. The van der Waals surface area contributed by atoms with Crippen LogP contribution in [0, 0.1) is 5.92 Å². The van der Waals surface area contributed by atoms with Gasteiger partial charge in [0.15, 0.2) is 5.78 Å². The molecule has 0 aromatic carbocycles. The molecule has 0 amide bonds. The lowest BCUT2D eigenvalue weighted by Crippen LogP contribution is -2.05. The lowest BCUT2D eigenvalue weighted by Gasteiger charge is -1.98. The van der Waals surface area contributed by atoms with Crippen molar-refractivity contribution < 1.29 is 4.79 Å². The fourth-order valence-electron chi connectivity index (χ4n) is 1.07. The highest BCUT2D eigenvalue weighted by Crippen LogP contribution is 2.32. The Hall–Kier alpha value is -0.670. The van der Waals surface area contributed by atoms with Gasteiger partial charge in [-0.3, -0.25) is 4.79 Å². The number of ketones is 1. The number of hydrogen-bond donors (Lipinski definition) is 0. The molecule has 0 aliphatic heterocycles. The minimum Gasteiger partial charge on any atom is -0.292 e. The molecule has 0 bridgehead atoms. The maximum Gasteiger partial charge on any atom is 0.224 e. The first-order chi connectivity index (χ1) is 6.16. The minimum atomic E-state index is 0.0196. The molecule has 0 spiro atoms. The first-order valence-electron chi connectivity index (χ1n) is 3.91. The monoisotopic (exact) mass is 216 g/mol. The summed E-state index contributed by atoms with van der Waals surface area (Å²) in [6, 6.07) is 1.45. The van der Waals surface area contributed by atoms with Crippen LogP contribution in [0.1, 0.15) is 23.3 Å². The Morgan fingerprint density at radius 2 is 2.08 bits per heavy atom. The molecular formula is C8H6Cl2N2O. The number of hydrogen-bond acceptors (Lipinski definition) is 3. The van der Waals surface area contributed by atoms with Gasteiger partial charge in [0.1, 0.15) is 10.8 Å². The van der Waals surface area contributed by atoms with Gasteiger partial charge in [0.25, 0.3) is 0 Å². The van der Waals surface area contributed by atoms with Gasteiger partial charge in [-0.1, -0.05) is 11.6 Å². The zero-order valence-electron chi connectivity index (χ0n) is 6.63. The van der Waals surface area contributed by atoms with Crippen molar-refractivity contribution in [2.45, 2.75) is 12.8 Å². The molecule has 0 N–H and O–H groups in total. The van der Waals surface area contributed by atoms with Gasteiger partial charge in [0.05, 0.1) is 0 Å². The quantitative estimate of drug-likeness (QED) is 0.434. The number of Topliss-reactive ketones (excluding diaryl/α,β-unsaturated/α-hetero) is 1. The van der Waals surface area contributed by atoms with Crippen molar-refractivity contribution in [3.63, 3.8) is 0 Å². The predicted molar refractivity (Wildman–Crippen MR) is 49.1 cm³/mol. The second kappa shape index (κ2) is 3.24. The molecule has 0 radical (unpaired) electrons. The zero-order chi connectivity index (χ0) is 9.42. The maximum atomic E-state index is 11.5. The third kappa shape index (κ3) is 1.98. The van der Waals surface area contributed by atoms with Crippen LogP contribution in [0.3, 0.4) is 0 Å². The highest BCUT2D eigenvalue weighted by atomic mass is 35.5. The van der Waals surface area contributed by atoms with Crippen LogP contribution < -0.4 is 0 Å². The van der Waals surface area contributed by atoms with Crippen molar-refractivity contribution in [2.24, 2.45) is 5.92 Å². The second-order valence-electron chi connectivity index (χ2n) is 2.98. The summed E-state index contributed by atoms with van der Waals surface area (Å²) in [7, 11) is 0. The molecule has 1 aliphatic rings. The van der Waals surface area contributed by atoms with E-state index in [1.54, 1.807) is 0 Å². The van der Waals surface area contributed by atoms with Crippen molar-refractivity contribution in [2.75, 3.05) is 0 Å². The maximum absolute atomic E-state index is 11.5. The van der Waals surface area contributed by atoms with E-state index in [0.717, 1.165) is 12.8 Å². The van der Waals surface area contributed by atoms with Crippen LogP contribution in [0.25, 0.3) is 0 Å². The van der Waals surface area contributed by atoms with E-state index in [1.807, 2.05) is 0 Å². The van der Waals surface area contributed by atoms with Gasteiger partial charge in [0.2, 0.25) is 5.28 Å². The number of carbonyl (C=O) groups is 1. The van der Waals surface area contributed by atoms with Crippen LogP contribution in [-0.4, -0.2) is 15.8 Å². The van der Waals surface area contributed by atoms with Gasteiger partial charge in [-0.05, 0) is 24.4 Å². The van der Waals surface area contributed by atoms with Gasteiger partial charge < -0.3 is 0 Å². The van der Waals surface area contributed by atoms with Crippen molar-refractivity contribution in [1.29, 1.82) is 0 Å².